The summed E-state index contributed by atoms with van der Waals surface area (Å²) in [6.07, 6.45) is 3.43. The lowest BCUT2D eigenvalue weighted by molar-refractivity contribution is -0.130. The molecule has 5 heteroatoms. The fraction of sp³-hybridized carbons (Fsp3) is 0.529. The van der Waals surface area contributed by atoms with Gasteiger partial charge in [-0.15, -0.1) is 0 Å². The fourth-order valence-corrected chi connectivity index (χ4v) is 3.35. The van der Waals surface area contributed by atoms with Gasteiger partial charge in [0.1, 0.15) is 5.75 Å². The lowest BCUT2D eigenvalue weighted by Crippen LogP contribution is -2.47. The van der Waals surface area contributed by atoms with Crippen molar-refractivity contribution in [1.82, 2.24) is 9.80 Å². The molecule has 2 saturated heterocycles. The summed E-state index contributed by atoms with van der Waals surface area (Å²) in [5.41, 5.74) is 0.691. The first-order chi connectivity index (χ1) is 10.7. The Kier molecular flexibility index (Phi) is 4.32. The van der Waals surface area contributed by atoms with Crippen LogP contribution in [0.1, 0.15) is 36.0 Å². The molecule has 3 rings (SSSR count). The van der Waals surface area contributed by atoms with Crippen LogP contribution in [0.3, 0.4) is 0 Å². The predicted molar refractivity (Wildman–Crippen MR) is 82.9 cm³/mol. The van der Waals surface area contributed by atoms with E-state index < -0.39 is 0 Å². The van der Waals surface area contributed by atoms with E-state index in [1.54, 1.807) is 19.2 Å². The molecule has 0 spiro atoms. The zero-order valence-corrected chi connectivity index (χ0v) is 13.0. The molecule has 0 atom stereocenters. The second kappa shape index (κ2) is 6.38. The highest BCUT2D eigenvalue weighted by molar-refractivity contribution is 5.94. The van der Waals surface area contributed by atoms with Gasteiger partial charge < -0.3 is 14.5 Å². The zero-order valence-electron chi connectivity index (χ0n) is 13.0. The van der Waals surface area contributed by atoms with Crippen molar-refractivity contribution >= 4 is 11.8 Å². The van der Waals surface area contributed by atoms with Crippen molar-refractivity contribution in [3.8, 4) is 5.75 Å². The second-order valence-electron chi connectivity index (χ2n) is 5.94. The molecule has 2 fully saturated rings. The number of rotatable bonds is 3. The van der Waals surface area contributed by atoms with E-state index in [0.29, 0.717) is 18.0 Å². The minimum atomic E-state index is 0.0638. The van der Waals surface area contributed by atoms with Crippen LogP contribution in [0.2, 0.25) is 0 Å². The third-order valence-electron chi connectivity index (χ3n) is 4.64. The molecule has 0 bridgehead atoms. The van der Waals surface area contributed by atoms with Crippen molar-refractivity contribution in [2.45, 2.75) is 31.7 Å². The monoisotopic (exact) mass is 302 g/mol. The number of carbonyl (C=O) groups is 2. The zero-order chi connectivity index (χ0) is 15.5. The Hall–Kier alpha value is -2.04. The average Bonchev–Trinajstić information content (AvgIpc) is 3.00. The summed E-state index contributed by atoms with van der Waals surface area (Å²) < 4.78 is 5.11. The first-order valence-corrected chi connectivity index (χ1v) is 7.92. The van der Waals surface area contributed by atoms with Crippen LogP contribution < -0.4 is 4.74 Å². The summed E-state index contributed by atoms with van der Waals surface area (Å²) in [4.78, 5) is 28.2. The van der Waals surface area contributed by atoms with Crippen LogP contribution in [-0.4, -0.2) is 54.4 Å². The molecule has 118 valence electrons. The Morgan fingerprint density at radius 2 is 1.82 bits per heavy atom. The minimum Gasteiger partial charge on any atom is -0.497 e. The molecule has 0 N–H and O–H groups in total. The smallest absolute Gasteiger partial charge is 0.253 e. The number of hydrogen-bond donors (Lipinski definition) is 0. The van der Waals surface area contributed by atoms with Crippen LogP contribution in [0.5, 0.6) is 5.75 Å². The van der Waals surface area contributed by atoms with Gasteiger partial charge in [0.15, 0.2) is 0 Å². The average molecular weight is 302 g/mol. The van der Waals surface area contributed by atoms with E-state index >= 15 is 0 Å². The van der Waals surface area contributed by atoms with Crippen molar-refractivity contribution < 1.29 is 14.3 Å². The van der Waals surface area contributed by atoms with Gasteiger partial charge in [0.05, 0.1) is 7.11 Å². The quantitative estimate of drug-likeness (QED) is 0.857. The van der Waals surface area contributed by atoms with Gasteiger partial charge in [0, 0.05) is 37.7 Å². The molecule has 2 aliphatic heterocycles. The molecule has 1 aromatic rings. The minimum absolute atomic E-state index is 0.0638. The summed E-state index contributed by atoms with van der Waals surface area (Å²) in [5.74, 6) is 1.09. The van der Waals surface area contributed by atoms with Crippen molar-refractivity contribution in [3.63, 3.8) is 0 Å². The van der Waals surface area contributed by atoms with Gasteiger partial charge >= 0.3 is 0 Å². The third-order valence-corrected chi connectivity index (χ3v) is 4.64. The van der Waals surface area contributed by atoms with Gasteiger partial charge in [-0.05, 0) is 43.5 Å². The maximum atomic E-state index is 12.5. The molecule has 5 nitrogen and oxygen atoms in total. The SMILES string of the molecule is COc1ccc(C(=O)N2CCC(N3CCCC3=O)CC2)cc1. The number of methoxy groups -OCH3 is 1. The van der Waals surface area contributed by atoms with E-state index in [0.717, 1.165) is 44.6 Å². The molecule has 0 saturated carbocycles. The van der Waals surface area contributed by atoms with Crippen molar-refractivity contribution in [2.24, 2.45) is 0 Å². The maximum Gasteiger partial charge on any atom is 0.253 e. The van der Waals surface area contributed by atoms with Crippen molar-refractivity contribution in [3.05, 3.63) is 29.8 Å². The van der Waals surface area contributed by atoms with E-state index in [2.05, 4.69) is 0 Å². The summed E-state index contributed by atoms with van der Waals surface area (Å²) >= 11 is 0. The summed E-state index contributed by atoms with van der Waals surface area (Å²) in [7, 11) is 1.61. The molecule has 0 aliphatic carbocycles. The normalized spacial score (nSPS) is 19.6. The first-order valence-electron chi connectivity index (χ1n) is 7.92. The molecule has 22 heavy (non-hydrogen) atoms. The lowest BCUT2D eigenvalue weighted by Gasteiger charge is -2.36. The number of nitrogens with zero attached hydrogens (tertiary/aromatic N) is 2. The van der Waals surface area contributed by atoms with Gasteiger partial charge in [-0.3, -0.25) is 9.59 Å². The van der Waals surface area contributed by atoms with E-state index in [4.69, 9.17) is 4.74 Å². The standard InChI is InChI=1S/C17H22N2O3/c1-22-15-6-4-13(5-7-15)17(21)18-11-8-14(9-12-18)19-10-2-3-16(19)20/h4-7,14H,2-3,8-12H2,1H3. The van der Waals surface area contributed by atoms with Gasteiger partial charge in [-0.2, -0.15) is 0 Å². The molecule has 0 radical (unpaired) electrons. The molecule has 2 amide bonds. The van der Waals surface area contributed by atoms with Crippen LogP contribution in [0.4, 0.5) is 0 Å². The predicted octanol–water partition coefficient (Wildman–Crippen LogP) is 1.92. The van der Waals surface area contributed by atoms with Crippen LogP contribution >= 0.6 is 0 Å². The lowest BCUT2D eigenvalue weighted by atomic mass is 10.0. The molecular weight excluding hydrogens is 280 g/mol. The van der Waals surface area contributed by atoms with Crippen LogP contribution in [0.25, 0.3) is 0 Å². The van der Waals surface area contributed by atoms with Crippen LogP contribution in [0, 0.1) is 0 Å². The summed E-state index contributed by atoms with van der Waals surface area (Å²) in [6.45, 7) is 2.33. The fourth-order valence-electron chi connectivity index (χ4n) is 3.35. The van der Waals surface area contributed by atoms with Gasteiger partial charge in [0.2, 0.25) is 5.91 Å². The molecule has 0 aromatic heterocycles. The Morgan fingerprint density at radius 1 is 1.14 bits per heavy atom. The first kappa shape index (κ1) is 14.9. The van der Waals surface area contributed by atoms with Crippen LogP contribution in [0.15, 0.2) is 24.3 Å². The number of carbonyl (C=O) groups excluding carboxylic acids is 2. The molecule has 2 aliphatic rings. The van der Waals surface area contributed by atoms with E-state index in [-0.39, 0.29) is 11.8 Å². The number of benzene rings is 1. The van der Waals surface area contributed by atoms with E-state index in [1.165, 1.54) is 0 Å². The van der Waals surface area contributed by atoms with Crippen molar-refractivity contribution in [2.75, 3.05) is 26.7 Å². The summed E-state index contributed by atoms with van der Waals surface area (Å²) in [5, 5.41) is 0. The Labute approximate surface area is 130 Å². The highest BCUT2D eigenvalue weighted by Gasteiger charge is 2.32. The summed E-state index contributed by atoms with van der Waals surface area (Å²) in [6, 6.07) is 7.54. The molecular formula is C17H22N2O3. The number of likely N-dealkylation sites (tertiary alicyclic amines) is 2. The van der Waals surface area contributed by atoms with Gasteiger partial charge in [-0.1, -0.05) is 0 Å². The number of hydrogen-bond acceptors (Lipinski definition) is 3. The Bertz CT molecular complexity index is 548. The Morgan fingerprint density at radius 3 is 2.36 bits per heavy atom. The topological polar surface area (TPSA) is 49.9 Å². The molecule has 1 aromatic carbocycles. The highest BCUT2D eigenvalue weighted by atomic mass is 16.5. The van der Waals surface area contributed by atoms with Gasteiger partial charge in [0.25, 0.3) is 5.91 Å². The largest absolute Gasteiger partial charge is 0.497 e. The highest BCUT2D eigenvalue weighted by Crippen LogP contribution is 2.23. The van der Waals surface area contributed by atoms with Gasteiger partial charge in [-0.25, -0.2) is 0 Å². The maximum absolute atomic E-state index is 12.5. The number of amides is 2. The molecule has 2 heterocycles. The van der Waals surface area contributed by atoms with E-state index in [1.807, 2.05) is 21.9 Å². The van der Waals surface area contributed by atoms with Crippen LogP contribution in [-0.2, 0) is 4.79 Å². The number of ether oxygens (including phenoxy) is 1. The Balaban J connectivity index is 1.58. The second-order valence-corrected chi connectivity index (χ2v) is 5.94. The van der Waals surface area contributed by atoms with E-state index in [9.17, 15) is 9.59 Å². The third kappa shape index (κ3) is 2.93. The number of piperidine rings is 1. The molecule has 0 unspecified atom stereocenters. The van der Waals surface area contributed by atoms with Crippen molar-refractivity contribution in [1.29, 1.82) is 0 Å².